The molecule has 1 fully saturated rings. The molecular weight excluding hydrogens is 385 g/mol. The zero-order valence-corrected chi connectivity index (χ0v) is 17.0. The van der Waals surface area contributed by atoms with Crippen molar-refractivity contribution >= 4 is 22.5 Å². The van der Waals surface area contributed by atoms with E-state index in [9.17, 15) is 14.0 Å². The molecule has 1 atom stereocenters. The second-order valence-electron chi connectivity index (χ2n) is 7.83. The van der Waals surface area contributed by atoms with Gasteiger partial charge in [-0.3, -0.25) is 9.59 Å². The van der Waals surface area contributed by atoms with E-state index in [0.717, 1.165) is 5.69 Å². The van der Waals surface area contributed by atoms with Gasteiger partial charge in [-0.2, -0.15) is 4.68 Å². The van der Waals surface area contributed by atoms with Crippen LogP contribution in [0, 0.1) is 11.7 Å². The van der Waals surface area contributed by atoms with Crippen molar-refractivity contribution in [1.29, 1.82) is 0 Å². The Kier molecular flexibility index (Phi) is 5.48. The molecule has 0 N–H and O–H groups in total. The molecule has 1 amide bonds. The molecule has 0 radical (unpaired) electrons. The molecule has 8 heteroatoms. The SMILES string of the molecule is CC(C)C(C(=O)N1CCN(c2ccc(F)cc2)CC1)n1nnc2ccccc2c1=O. The molecule has 156 valence electrons. The fourth-order valence-corrected chi connectivity index (χ4v) is 3.88. The molecule has 7 nitrogen and oxygen atoms in total. The van der Waals surface area contributed by atoms with Gasteiger partial charge in [0, 0.05) is 31.9 Å². The maximum Gasteiger partial charge on any atom is 0.278 e. The van der Waals surface area contributed by atoms with E-state index in [-0.39, 0.29) is 23.2 Å². The summed E-state index contributed by atoms with van der Waals surface area (Å²) in [4.78, 5) is 30.2. The monoisotopic (exact) mass is 409 g/mol. The molecule has 0 aliphatic carbocycles. The molecule has 1 unspecified atom stereocenters. The van der Waals surface area contributed by atoms with E-state index in [0.29, 0.717) is 37.1 Å². The molecule has 3 aromatic rings. The quantitative estimate of drug-likeness (QED) is 0.662. The smallest absolute Gasteiger partial charge is 0.278 e. The van der Waals surface area contributed by atoms with Gasteiger partial charge in [0.25, 0.3) is 5.56 Å². The van der Waals surface area contributed by atoms with E-state index in [1.807, 2.05) is 13.8 Å². The number of rotatable bonds is 4. The number of anilines is 1. The number of aromatic nitrogens is 3. The lowest BCUT2D eigenvalue weighted by atomic mass is 10.0. The summed E-state index contributed by atoms with van der Waals surface area (Å²) in [5.41, 5.74) is 1.14. The average Bonchev–Trinajstić information content (AvgIpc) is 2.76. The minimum Gasteiger partial charge on any atom is -0.368 e. The van der Waals surface area contributed by atoms with Crippen LogP contribution in [0.4, 0.5) is 10.1 Å². The van der Waals surface area contributed by atoms with Crippen molar-refractivity contribution in [3.63, 3.8) is 0 Å². The lowest BCUT2D eigenvalue weighted by Gasteiger charge is -2.38. The summed E-state index contributed by atoms with van der Waals surface area (Å²) >= 11 is 0. The number of benzene rings is 2. The van der Waals surface area contributed by atoms with Crippen molar-refractivity contribution in [3.05, 3.63) is 64.7 Å². The standard InChI is InChI=1S/C22H24FN5O2/c1-15(2)20(28-21(29)18-5-3-4-6-19(18)24-25-28)22(30)27-13-11-26(12-14-27)17-9-7-16(23)8-10-17/h3-10,15,20H,11-14H2,1-2H3. The Morgan fingerprint density at radius 1 is 1.00 bits per heavy atom. The van der Waals surface area contributed by atoms with Gasteiger partial charge >= 0.3 is 0 Å². The van der Waals surface area contributed by atoms with Crippen LogP contribution >= 0.6 is 0 Å². The van der Waals surface area contributed by atoms with Gasteiger partial charge < -0.3 is 9.80 Å². The van der Waals surface area contributed by atoms with E-state index >= 15 is 0 Å². The minimum atomic E-state index is -0.716. The Balaban J connectivity index is 1.54. The Morgan fingerprint density at radius 3 is 2.33 bits per heavy atom. The van der Waals surface area contributed by atoms with Crippen LogP contribution in [0.25, 0.3) is 10.9 Å². The maximum atomic E-state index is 13.3. The largest absolute Gasteiger partial charge is 0.368 e. The summed E-state index contributed by atoms with van der Waals surface area (Å²) in [5, 5.41) is 8.66. The number of carbonyl (C=O) groups excluding carboxylic acids is 1. The van der Waals surface area contributed by atoms with E-state index in [2.05, 4.69) is 15.2 Å². The molecule has 1 aromatic heterocycles. The summed E-state index contributed by atoms with van der Waals surface area (Å²) in [6.07, 6.45) is 0. The lowest BCUT2D eigenvalue weighted by Crippen LogP contribution is -2.52. The number of halogens is 1. The van der Waals surface area contributed by atoms with Gasteiger partial charge in [-0.1, -0.05) is 31.2 Å². The number of hydrogen-bond acceptors (Lipinski definition) is 5. The third-order valence-electron chi connectivity index (χ3n) is 5.52. The molecule has 2 aromatic carbocycles. The molecule has 2 heterocycles. The Morgan fingerprint density at radius 2 is 1.67 bits per heavy atom. The Bertz CT molecular complexity index is 1100. The fraction of sp³-hybridized carbons (Fsp3) is 0.364. The predicted octanol–water partition coefficient (Wildman–Crippen LogP) is 2.48. The first-order valence-electron chi connectivity index (χ1n) is 10.1. The zero-order valence-electron chi connectivity index (χ0n) is 17.0. The van der Waals surface area contributed by atoms with Crippen molar-refractivity contribution in [2.45, 2.75) is 19.9 Å². The van der Waals surface area contributed by atoms with E-state index in [1.54, 1.807) is 41.3 Å². The highest BCUT2D eigenvalue weighted by molar-refractivity contribution is 5.82. The average molecular weight is 409 g/mol. The first-order valence-corrected chi connectivity index (χ1v) is 10.1. The fourth-order valence-electron chi connectivity index (χ4n) is 3.88. The third kappa shape index (κ3) is 3.77. The molecule has 1 aliphatic heterocycles. The molecule has 0 saturated carbocycles. The summed E-state index contributed by atoms with van der Waals surface area (Å²) < 4.78 is 14.4. The van der Waals surface area contributed by atoms with Crippen LogP contribution in [0.2, 0.25) is 0 Å². The molecule has 1 saturated heterocycles. The topological polar surface area (TPSA) is 71.3 Å². The minimum absolute atomic E-state index is 0.124. The van der Waals surface area contributed by atoms with Crippen molar-refractivity contribution < 1.29 is 9.18 Å². The summed E-state index contributed by atoms with van der Waals surface area (Å²) in [7, 11) is 0. The zero-order chi connectivity index (χ0) is 21.3. The number of carbonyl (C=O) groups is 1. The summed E-state index contributed by atoms with van der Waals surface area (Å²) in [6.45, 7) is 6.13. The highest BCUT2D eigenvalue weighted by Crippen LogP contribution is 2.22. The van der Waals surface area contributed by atoms with Crippen LogP contribution in [0.5, 0.6) is 0 Å². The van der Waals surface area contributed by atoms with Crippen LogP contribution in [-0.2, 0) is 4.79 Å². The van der Waals surface area contributed by atoms with E-state index < -0.39 is 6.04 Å². The van der Waals surface area contributed by atoms with Crippen LogP contribution in [0.1, 0.15) is 19.9 Å². The van der Waals surface area contributed by atoms with Crippen molar-refractivity contribution in [1.82, 2.24) is 19.9 Å². The first-order chi connectivity index (χ1) is 14.5. The van der Waals surface area contributed by atoms with Crippen LogP contribution in [0.15, 0.2) is 53.3 Å². The van der Waals surface area contributed by atoms with Gasteiger partial charge in [0.1, 0.15) is 17.4 Å². The lowest BCUT2D eigenvalue weighted by molar-refractivity contribution is -0.137. The molecule has 0 spiro atoms. The van der Waals surface area contributed by atoms with Crippen molar-refractivity contribution in [2.24, 2.45) is 5.92 Å². The normalized spacial score (nSPS) is 15.6. The van der Waals surface area contributed by atoms with Crippen LogP contribution < -0.4 is 10.5 Å². The Labute approximate surface area is 173 Å². The summed E-state index contributed by atoms with van der Waals surface area (Å²) in [6, 6.07) is 12.7. The van der Waals surface area contributed by atoms with Gasteiger partial charge in [0.15, 0.2) is 0 Å². The van der Waals surface area contributed by atoms with E-state index in [1.165, 1.54) is 16.8 Å². The second kappa shape index (κ2) is 8.22. The van der Waals surface area contributed by atoms with Gasteiger partial charge in [0.2, 0.25) is 5.91 Å². The van der Waals surface area contributed by atoms with Crippen molar-refractivity contribution in [3.8, 4) is 0 Å². The molecule has 1 aliphatic rings. The first kappa shape index (κ1) is 20.0. The predicted molar refractivity (Wildman–Crippen MR) is 113 cm³/mol. The van der Waals surface area contributed by atoms with Gasteiger partial charge in [-0.25, -0.2) is 4.39 Å². The number of nitrogens with zero attached hydrogens (tertiary/aromatic N) is 5. The second-order valence-corrected chi connectivity index (χ2v) is 7.83. The third-order valence-corrected chi connectivity index (χ3v) is 5.52. The summed E-state index contributed by atoms with van der Waals surface area (Å²) in [5.74, 6) is -0.523. The van der Waals surface area contributed by atoms with Gasteiger partial charge in [0.05, 0.1) is 5.39 Å². The molecule has 0 bridgehead atoms. The highest BCUT2D eigenvalue weighted by atomic mass is 19.1. The van der Waals surface area contributed by atoms with Crippen LogP contribution in [-0.4, -0.2) is 52.0 Å². The van der Waals surface area contributed by atoms with Gasteiger partial charge in [-0.05, 0) is 42.3 Å². The van der Waals surface area contributed by atoms with Crippen molar-refractivity contribution in [2.75, 3.05) is 31.1 Å². The van der Waals surface area contributed by atoms with E-state index in [4.69, 9.17) is 0 Å². The van der Waals surface area contributed by atoms with Gasteiger partial charge in [-0.15, -0.1) is 5.10 Å². The number of amides is 1. The number of hydrogen-bond donors (Lipinski definition) is 0. The molecule has 30 heavy (non-hydrogen) atoms. The highest BCUT2D eigenvalue weighted by Gasteiger charge is 2.33. The number of fused-ring (bicyclic) bond motifs is 1. The number of piperazine rings is 1. The maximum absolute atomic E-state index is 13.3. The molecule has 4 rings (SSSR count). The van der Waals surface area contributed by atoms with Crippen LogP contribution in [0.3, 0.4) is 0 Å². The Hall–Kier alpha value is -3.29. The molecular formula is C22H24FN5O2.